The molecular weight excluding hydrogens is 246 g/mol. The van der Waals surface area contributed by atoms with Crippen LogP contribution in [0.3, 0.4) is 0 Å². The van der Waals surface area contributed by atoms with Crippen LogP contribution >= 0.6 is 12.6 Å². The summed E-state index contributed by atoms with van der Waals surface area (Å²) >= 11 is 4.24. The number of likely N-dealkylation sites (N-methyl/N-ethyl adjacent to an activating group) is 1. The lowest BCUT2D eigenvalue weighted by atomic mass is 10.1. The van der Waals surface area contributed by atoms with Crippen LogP contribution in [0.1, 0.15) is 12.0 Å². The van der Waals surface area contributed by atoms with Crippen molar-refractivity contribution in [3.8, 4) is 11.5 Å². The molecule has 1 aromatic carbocycles. The second kappa shape index (κ2) is 6.90. The van der Waals surface area contributed by atoms with Crippen LogP contribution in [-0.2, 0) is 6.42 Å². The number of thiol groups is 1. The first-order valence-corrected chi connectivity index (χ1v) is 7.11. The average Bonchev–Trinajstić information content (AvgIpc) is 2.61. The van der Waals surface area contributed by atoms with Crippen LogP contribution < -0.4 is 9.47 Å². The molecule has 0 N–H and O–H groups in total. The molecule has 4 heteroatoms. The molecule has 0 spiro atoms. The highest BCUT2D eigenvalue weighted by atomic mass is 32.1. The van der Waals surface area contributed by atoms with Crippen molar-refractivity contribution >= 4 is 12.6 Å². The van der Waals surface area contributed by atoms with E-state index in [4.69, 9.17) is 9.47 Å². The van der Waals surface area contributed by atoms with Crippen molar-refractivity contribution in [3.63, 3.8) is 0 Å². The lowest BCUT2D eigenvalue weighted by molar-refractivity contribution is 0.297. The van der Waals surface area contributed by atoms with Gasteiger partial charge < -0.3 is 14.4 Å². The number of rotatable bonds is 5. The van der Waals surface area contributed by atoms with Gasteiger partial charge in [0.2, 0.25) is 0 Å². The Hall–Kier alpha value is -0.870. The van der Waals surface area contributed by atoms with E-state index in [0.717, 1.165) is 56.4 Å². The number of hydrogen-bond acceptors (Lipinski definition) is 4. The molecule has 100 valence electrons. The first-order valence-electron chi connectivity index (χ1n) is 6.47. The Kier molecular flexibility index (Phi) is 5.20. The highest BCUT2D eigenvalue weighted by Gasteiger charge is 2.10. The molecule has 0 radical (unpaired) electrons. The normalized spacial score (nSPS) is 14.6. The predicted molar refractivity (Wildman–Crippen MR) is 77.1 cm³/mol. The fourth-order valence-electron chi connectivity index (χ4n) is 1.97. The predicted octanol–water partition coefficient (Wildman–Crippen LogP) is 2.25. The first-order chi connectivity index (χ1) is 8.79. The summed E-state index contributed by atoms with van der Waals surface area (Å²) < 4.78 is 11.3. The molecular formula is C14H21NO2S. The molecule has 1 aromatic rings. The highest BCUT2D eigenvalue weighted by molar-refractivity contribution is 7.80. The molecule has 0 atom stereocenters. The SMILES string of the molecule is CN(CCS)CCc1ccc2c(c1)OCCCO2. The summed E-state index contributed by atoms with van der Waals surface area (Å²) in [6.07, 6.45) is 1.98. The van der Waals surface area contributed by atoms with Crippen LogP contribution in [0, 0.1) is 0 Å². The summed E-state index contributed by atoms with van der Waals surface area (Å²) in [6.45, 7) is 3.56. The number of fused-ring (bicyclic) bond motifs is 1. The lowest BCUT2D eigenvalue weighted by Crippen LogP contribution is -2.23. The Morgan fingerprint density at radius 3 is 2.72 bits per heavy atom. The number of benzene rings is 1. The van der Waals surface area contributed by atoms with Gasteiger partial charge in [-0.05, 0) is 31.2 Å². The molecule has 2 rings (SSSR count). The molecule has 1 heterocycles. The minimum atomic E-state index is 0.746. The molecule has 1 aliphatic heterocycles. The van der Waals surface area contributed by atoms with Crippen LogP contribution in [0.4, 0.5) is 0 Å². The van der Waals surface area contributed by atoms with E-state index in [2.05, 4.69) is 36.7 Å². The maximum Gasteiger partial charge on any atom is 0.161 e. The average molecular weight is 267 g/mol. The highest BCUT2D eigenvalue weighted by Crippen LogP contribution is 2.30. The van der Waals surface area contributed by atoms with Gasteiger partial charge in [0, 0.05) is 25.3 Å². The van der Waals surface area contributed by atoms with Crippen molar-refractivity contribution in [2.24, 2.45) is 0 Å². The zero-order chi connectivity index (χ0) is 12.8. The van der Waals surface area contributed by atoms with E-state index in [9.17, 15) is 0 Å². The zero-order valence-electron chi connectivity index (χ0n) is 10.9. The maximum atomic E-state index is 5.69. The fraction of sp³-hybridized carbons (Fsp3) is 0.571. The van der Waals surface area contributed by atoms with Crippen LogP contribution in [0.25, 0.3) is 0 Å². The molecule has 0 bridgehead atoms. The van der Waals surface area contributed by atoms with Crippen LogP contribution in [0.5, 0.6) is 11.5 Å². The smallest absolute Gasteiger partial charge is 0.161 e. The second-order valence-electron chi connectivity index (χ2n) is 4.61. The van der Waals surface area contributed by atoms with Gasteiger partial charge in [0.05, 0.1) is 13.2 Å². The van der Waals surface area contributed by atoms with Gasteiger partial charge in [0.1, 0.15) is 0 Å². The molecule has 0 saturated carbocycles. The van der Waals surface area contributed by atoms with Crippen molar-refractivity contribution in [1.29, 1.82) is 0 Å². The van der Waals surface area contributed by atoms with Crippen molar-refractivity contribution < 1.29 is 9.47 Å². The third-order valence-electron chi connectivity index (χ3n) is 3.08. The number of ether oxygens (including phenoxy) is 2. The number of hydrogen-bond donors (Lipinski definition) is 1. The first kappa shape index (κ1) is 13.6. The maximum absolute atomic E-state index is 5.69. The minimum Gasteiger partial charge on any atom is -0.490 e. The Balaban J connectivity index is 1.95. The molecule has 0 saturated heterocycles. The molecule has 3 nitrogen and oxygen atoms in total. The number of nitrogens with zero attached hydrogens (tertiary/aromatic N) is 1. The Labute approximate surface area is 114 Å². The van der Waals surface area contributed by atoms with Gasteiger partial charge in [-0.3, -0.25) is 0 Å². The Bertz CT molecular complexity index is 384. The summed E-state index contributed by atoms with van der Waals surface area (Å²) in [5.41, 5.74) is 1.30. The summed E-state index contributed by atoms with van der Waals surface area (Å²) in [4.78, 5) is 2.29. The summed E-state index contributed by atoms with van der Waals surface area (Å²) in [5, 5.41) is 0. The van der Waals surface area contributed by atoms with E-state index in [1.165, 1.54) is 5.56 Å². The Morgan fingerprint density at radius 1 is 1.17 bits per heavy atom. The molecule has 0 amide bonds. The van der Waals surface area contributed by atoms with Crippen molar-refractivity contribution in [2.75, 3.05) is 39.1 Å². The fourth-order valence-corrected chi connectivity index (χ4v) is 2.31. The molecule has 1 aliphatic rings. The van der Waals surface area contributed by atoms with E-state index in [1.54, 1.807) is 0 Å². The molecule has 18 heavy (non-hydrogen) atoms. The summed E-state index contributed by atoms with van der Waals surface area (Å²) in [6, 6.07) is 6.26. The largest absolute Gasteiger partial charge is 0.490 e. The van der Waals surface area contributed by atoms with Crippen molar-refractivity contribution in [3.05, 3.63) is 23.8 Å². The molecule has 0 fully saturated rings. The zero-order valence-corrected chi connectivity index (χ0v) is 11.8. The van der Waals surface area contributed by atoms with Crippen LogP contribution in [0.15, 0.2) is 18.2 Å². The van der Waals surface area contributed by atoms with Gasteiger partial charge >= 0.3 is 0 Å². The van der Waals surface area contributed by atoms with Gasteiger partial charge in [0.25, 0.3) is 0 Å². The van der Waals surface area contributed by atoms with Crippen LogP contribution in [-0.4, -0.2) is 44.0 Å². The third kappa shape index (κ3) is 3.82. The van der Waals surface area contributed by atoms with E-state index < -0.39 is 0 Å². The van der Waals surface area contributed by atoms with Gasteiger partial charge in [-0.25, -0.2) is 0 Å². The summed E-state index contributed by atoms with van der Waals surface area (Å²) in [7, 11) is 2.12. The van der Waals surface area contributed by atoms with Crippen molar-refractivity contribution in [2.45, 2.75) is 12.8 Å². The van der Waals surface area contributed by atoms with E-state index >= 15 is 0 Å². The Morgan fingerprint density at radius 2 is 1.94 bits per heavy atom. The van der Waals surface area contributed by atoms with E-state index in [-0.39, 0.29) is 0 Å². The van der Waals surface area contributed by atoms with Crippen molar-refractivity contribution in [1.82, 2.24) is 4.90 Å². The van der Waals surface area contributed by atoms with E-state index in [0.29, 0.717) is 0 Å². The summed E-state index contributed by atoms with van der Waals surface area (Å²) in [5.74, 6) is 2.67. The monoisotopic (exact) mass is 267 g/mol. The second-order valence-corrected chi connectivity index (χ2v) is 5.06. The van der Waals surface area contributed by atoms with Crippen LogP contribution in [0.2, 0.25) is 0 Å². The van der Waals surface area contributed by atoms with Gasteiger partial charge in [-0.2, -0.15) is 12.6 Å². The topological polar surface area (TPSA) is 21.7 Å². The molecule has 0 aliphatic carbocycles. The van der Waals surface area contributed by atoms with Gasteiger partial charge in [0.15, 0.2) is 11.5 Å². The quantitative estimate of drug-likeness (QED) is 0.827. The van der Waals surface area contributed by atoms with Gasteiger partial charge in [-0.1, -0.05) is 6.07 Å². The third-order valence-corrected chi connectivity index (χ3v) is 3.28. The molecule has 0 aromatic heterocycles. The lowest BCUT2D eigenvalue weighted by Gasteiger charge is -2.15. The minimum absolute atomic E-state index is 0.746. The van der Waals surface area contributed by atoms with E-state index in [1.807, 2.05) is 6.07 Å². The van der Waals surface area contributed by atoms with Gasteiger partial charge in [-0.15, -0.1) is 0 Å². The molecule has 0 unspecified atom stereocenters. The standard InChI is InChI=1S/C14H21NO2S/c1-15(7-10-18)6-5-12-3-4-13-14(11-12)17-9-2-8-16-13/h3-4,11,18H,2,5-10H2,1H3.